The van der Waals surface area contributed by atoms with Gasteiger partial charge in [0.25, 0.3) is 5.91 Å². The molecule has 2 aromatic rings. The predicted molar refractivity (Wildman–Crippen MR) is 104 cm³/mol. The Kier molecular flexibility index (Phi) is 5.27. The van der Waals surface area contributed by atoms with Gasteiger partial charge in [0.15, 0.2) is 5.13 Å². The van der Waals surface area contributed by atoms with Crippen molar-refractivity contribution >= 4 is 34.0 Å². The molecule has 2 atom stereocenters. The zero-order valence-corrected chi connectivity index (χ0v) is 16.0. The van der Waals surface area contributed by atoms with E-state index in [-0.39, 0.29) is 12.0 Å². The van der Waals surface area contributed by atoms with E-state index in [0.29, 0.717) is 24.0 Å². The van der Waals surface area contributed by atoms with Crippen molar-refractivity contribution in [3.05, 3.63) is 45.4 Å². The van der Waals surface area contributed by atoms with Crippen LogP contribution in [0, 0.1) is 0 Å². The molecule has 0 bridgehead atoms. The molecule has 1 aliphatic heterocycles. The number of carbonyl (C=O) groups is 1. The smallest absolute Gasteiger partial charge is 0.255 e. The molecule has 1 amide bonds. The van der Waals surface area contributed by atoms with E-state index in [0.717, 1.165) is 42.0 Å². The Bertz CT molecular complexity index is 806. The summed E-state index contributed by atoms with van der Waals surface area (Å²) >= 11 is 7.86. The van der Waals surface area contributed by atoms with E-state index in [1.54, 1.807) is 11.3 Å². The summed E-state index contributed by atoms with van der Waals surface area (Å²) in [6.07, 6.45) is 4.17. The van der Waals surface area contributed by atoms with Crippen LogP contribution in [-0.4, -0.2) is 29.6 Å². The lowest BCUT2D eigenvalue weighted by Gasteiger charge is -2.11. The number of amides is 1. The van der Waals surface area contributed by atoms with Gasteiger partial charge in [0.05, 0.1) is 11.8 Å². The number of hydrogen-bond donors (Lipinski definition) is 2. The van der Waals surface area contributed by atoms with E-state index in [1.165, 1.54) is 4.88 Å². The Morgan fingerprint density at radius 1 is 1.31 bits per heavy atom. The maximum absolute atomic E-state index is 12.5. The van der Waals surface area contributed by atoms with E-state index < -0.39 is 6.10 Å². The van der Waals surface area contributed by atoms with Crippen LogP contribution in [0.1, 0.15) is 47.7 Å². The van der Waals surface area contributed by atoms with Crippen LogP contribution in [0.2, 0.25) is 5.02 Å². The summed E-state index contributed by atoms with van der Waals surface area (Å²) in [6.45, 7) is 0.453. The molecule has 138 valence electrons. The van der Waals surface area contributed by atoms with Crippen LogP contribution < -0.4 is 11.1 Å². The number of anilines is 1. The van der Waals surface area contributed by atoms with Crippen molar-refractivity contribution in [1.29, 1.82) is 0 Å². The van der Waals surface area contributed by atoms with Crippen LogP contribution in [0.5, 0.6) is 0 Å². The van der Waals surface area contributed by atoms with Crippen molar-refractivity contribution in [3.63, 3.8) is 0 Å². The maximum atomic E-state index is 12.5. The zero-order chi connectivity index (χ0) is 18.1. The Balaban J connectivity index is 1.49. The van der Waals surface area contributed by atoms with Crippen molar-refractivity contribution in [1.82, 2.24) is 4.98 Å². The molecule has 1 saturated carbocycles. The number of aromatic nitrogens is 1. The van der Waals surface area contributed by atoms with Gasteiger partial charge >= 0.3 is 0 Å². The zero-order valence-electron chi connectivity index (χ0n) is 14.4. The molecular weight excluding hydrogens is 370 g/mol. The fourth-order valence-electron chi connectivity index (χ4n) is 3.29. The summed E-state index contributed by atoms with van der Waals surface area (Å²) in [5, 5.41) is 4.36. The van der Waals surface area contributed by atoms with Gasteiger partial charge in [0.1, 0.15) is 6.10 Å². The third-order valence-corrected chi connectivity index (χ3v) is 6.25. The SMILES string of the molecule is NC[C@H]1CC[C@@H](C(=O)Nc2nc(C3CC3)c(Cc3ccccc3Cl)s2)O1. The summed E-state index contributed by atoms with van der Waals surface area (Å²) in [7, 11) is 0. The highest BCUT2D eigenvalue weighted by atomic mass is 35.5. The standard InChI is InChI=1S/C19H22ClN3O2S/c20-14-4-2-1-3-12(14)9-16-17(11-5-6-11)22-19(26-16)23-18(24)15-8-7-13(10-21)25-15/h1-4,11,13,15H,5-10,21H2,(H,22,23,24)/t13-,15+/m1/s1. The second-order valence-corrected chi connectivity index (χ2v) is 8.41. The van der Waals surface area contributed by atoms with Crippen LogP contribution in [0.25, 0.3) is 0 Å². The molecule has 1 aliphatic carbocycles. The molecule has 2 fully saturated rings. The summed E-state index contributed by atoms with van der Waals surface area (Å²) < 4.78 is 5.68. The Hall–Kier alpha value is -1.47. The Labute approximate surface area is 161 Å². The first-order valence-corrected chi connectivity index (χ1v) is 10.2. The van der Waals surface area contributed by atoms with Crippen LogP contribution in [0.3, 0.4) is 0 Å². The Morgan fingerprint density at radius 3 is 2.81 bits per heavy atom. The van der Waals surface area contributed by atoms with E-state index in [1.807, 2.05) is 24.3 Å². The number of rotatable bonds is 6. The quantitative estimate of drug-likeness (QED) is 0.786. The molecular formula is C19H22ClN3O2S. The van der Waals surface area contributed by atoms with Gasteiger partial charge in [-0.05, 0) is 37.3 Å². The number of carbonyl (C=O) groups excluding carboxylic acids is 1. The van der Waals surface area contributed by atoms with Gasteiger partial charge in [-0.2, -0.15) is 0 Å². The van der Waals surface area contributed by atoms with Crippen LogP contribution in [0.4, 0.5) is 5.13 Å². The van der Waals surface area contributed by atoms with Gasteiger partial charge in [-0.1, -0.05) is 29.8 Å². The molecule has 5 nitrogen and oxygen atoms in total. The third-order valence-electron chi connectivity index (χ3n) is 4.89. The summed E-state index contributed by atoms with van der Waals surface area (Å²) in [6, 6.07) is 7.87. The van der Waals surface area contributed by atoms with Gasteiger partial charge in [-0.3, -0.25) is 10.1 Å². The number of nitrogens with two attached hydrogens (primary N) is 1. The largest absolute Gasteiger partial charge is 0.364 e. The molecule has 3 N–H and O–H groups in total. The Morgan fingerprint density at radius 2 is 2.12 bits per heavy atom. The molecule has 7 heteroatoms. The molecule has 0 unspecified atom stereocenters. The fourth-order valence-corrected chi connectivity index (χ4v) is 4.57. The number of nitrogens with zero attached hydrogens (tertiary/aromatic N) is 1. The minimum absolute atomic E-state index is 0.0140. The lowest BCUT2D eigenvalue weighted by molar-refractivity contribution is -0.126. The summed E-state index contributed by atoms with van der Waals surface area (Å²) in [5.74, 6) is 0.389. The fraction of sp³-hybridized carbons (Fsp3) is 0.474. The normalized spacial score (nSPS) is 22.5. The van der Waals surface area contributed by atoms with Crippen LogP contribution in [0.15, 0.2) is 24.3 Å². The van der Waals surface area contributed by atoms with Crippen LogP contribution >= 0.6 is 22.9 Å². The molecule has 1 aromatic heterocycles. The summed E-state index contributed by atoms with van der Waals surface area (Å²) in [5.41, 5.74) is 7.81. The molecule has 2 aliphatic rings. The van der Waals surface area contributed by atoms with Gasteiger partial charge < -0.3 is 10.5 Å². The molecule has 26 heavy (non-hydrogen) atoms. The monoisotopic (exact) mass is 391 g/mol. The number of ether oxygens (including phenoxy) is 1. The highest BCUT2D eigenvalue weighted by Crippen LogP contribution is 2.44. The first-order valence-electron chi connectivity index (χ1n) is 9.03. The maximum Gasteiger partial charge on any atom is 0.255 e. The van der Waals surface area contributed by atoms with Crippen molar-refractivity contribution in [2.75, 3.05) is 11.9 Å². The van der Waals surface area contributed by atoms with Crippen molar-refractivity contribution in [2.24, 2.45) is 5.73 Å². The minimum atomic E-state index is -0.427. The topological polar surface area (TPSA) is 77.2 Å². The van der Waals surface area contributed by atoms with E-state index in [4.69, 9.17) is 27.1 Å². The summed E-state index contributed by atoms with van der Waals surface area (Å²) in [4.78, 5) is 18.4. The second kappa shape index (κ2) is 7.64. The molecule has 0 radical (unpaired) electrons. The van der Waals surface area contributed by atoms with Gasteiger partial charge in [-0.15, -0.1) is 11.3 Å². The van der Waals surface area contributed by atoms with Crippen molar-refractivity contribution < 1.29 is 9.53 Å². The number of benzene rings is 1. The molecule has 0 spiro atoms. The van der Waals surface area contributed by atoms with Gasteiger partial charge in [0, 0.05) is 28.8 Å². The van der Waals surface area contributed by atoms with Crippen LogP contribution in [-0.2, 0) is 16.0 Å². The number of hydrogen-bond acceptors (Lipinski definition) is 5. The second-order valence-electron chi connectivity index (χ2n) is 6.92. The minimum Gasteiger partial charge on any atom is -0.364 e. The average Bonchev–Trinajstić information content (AvgIpc) is 3.23. The van der Waals surface area contributed by atoms with E-state index in [9.17, 15) is 4.79 Å². The van der Waals surface area contributed by atoms with E-state index >= 15 is 0 Å². The van der Waals surface area contributed by atoms with Gasteiger partial charge in [-0.25, -0.2) is 4.98 Å². The predicted octanol–water partition coefficient (Wildman–Crippen LogP) is 3.71. The number of thiazole rings is 1. The first kappa shape index (κ1) is 17.9. The van der Waals surface area contributed by atoms with Crippen molar-refractivity contribution in [2.45, 2.75) is 50.2 Å². The molecule has 1 saturated heterocycles. The highest BCUT2D eigenvalue weighted by Gasteiger charge is 2.32. The van der Waals surface area contributed by atoms with E-state index in [2.05, 4.69) is 5.32 Å². The third kappa shape index (κ3) is 3.93. The lowest BCUT2D eigenvalue weighted by Crippen LogP contribution is -2.29. The highest BCUT2D eigenvalue weighted by molar-refractivity contribution is 7.15. The van der Waals surface area contributed by atoms with Crippen molar-refractivity contribution in [3.8, 4) is 0 Å². The van der Waals surface area contributed by atoms with Gasteiger partial charge in [0.2, 0.25) is 0 Å². The first-order chi connectivity index (χ1) is 12.6. The number of halogens is 1. The lowest BCUT2D eigenvalue weighted by atomic mass is 10.1. The number of nitrogens with one attached hydrogen (secondary N) is 1. The molecule has 1 aromatic carbocycles. The molecule has 2 heterocycles. The molecule has 4 rings (SSSR count). The average molecular weight is 392 g/mol.